The third kappa shape index (κ3) is 5.60. The topological polar surface area (TPSA) is 77.2 Å². The van der Waals surface area contributed by atoms with Gasteiger partial charge in [-0.15, -0.1) is 0 Å². The molecule has 4 rings (SSSR count). The molecule has 2 atom stereocenters. The lowest BCUT2D eigenvalue weighted by atomic mass is 9.91. The van der Waals surface area contributed by atoms with Crippen molar-refractivity contribution in [1.82, 2.24) is 30.1 Å². The van der Waals surface area contributed by atoms with Crippen molar-refractivity contribution in [2.24, 2.45) is 0 Å². The van der Waals surface area contributed by atoms with Crippen molar-refractivity contribution in [2.75, 3.05) is 33.7 Å². The molecule has 7 nitrogen and oxygen atoms in total. The van der Waals surface area contributed by atoms with Gasteiger partial charge in [0.25, 0.3) is 0 Å². The maximum Gasteiger partial charge on any atom is 0.233 e. The van der Waals surface area contributed by atoms with E-state index < -0.39 is 0 Å². The monoisotopic (exact) mass is 448 g/mol. The van der Waals surface area contributed by atoms with E-state index in [0.717, 1.165) is 49.6 Å². The van der Waals surface area contributed by atoms with E-state index in [-0.39, 0.29) is 17.9 Å². The lowest BCUT2D eigenvalue weighted by Gasteiger charge is -2.31. The molecule has 2 aliphatic carbocycles. The summed E-state index contributed by atoms with van der Waals surface area (Å²) in [7, 11) is 4.23. The standard InChI is InChI=1S/C26H36N6O/c1-4-31(2)17-9-16-28-26(33)20-12-5-6-13-21-25(20)30-23(29-21)18-32(3)22-14-7-10-19-11-8-15-27-24(19)22/h5-6,8,11-13,15,20,22H,4,7,9-10,14,16-18H2,1-3H3,(H,28,33)(H,29,30). The number of aromatic amines is 1. The highest BCUT2D eigenvalue weighted by Crippen LogP contribution is 2.33. The third-order valence-electron chi connectivity index (χ3n) is 6.72. The van der Waals surface area contributed by atoms with Crippen LogP contribution >= 0.6 is 0 Å². The predicted octanol–water partition coefficient (Wildman–Crippen LogP) is 3.44. The van der Waals surface area contributed by atoms with E-state index in [2.05, 4.69) is 52.2 Å². The Balaban J connectivity index is 1.43. The lowest BCUT2D eigenvalue weighted by molar-refractivity contribution is -0.121. The second kappa shape index (κ2) is 10.9. The number of fused-ring (bicyclic) bond motifs is 2. The Hall–Kier alpha value is -2.77. The van der Waals surface area contributed by atoms with Gasteiger partial charge in [-0.25, -0.2) is 4.98 Å². The highest BCUT2D eigenvalue weighted by atomic mass is 16.1. The van der Waals surface area contributed by atoms with Crippen LogP contribution in [0.15, 0.2) is 36.6 Å². The van der Waals surface area contributed by atoms with E-state index in [0.29, 0.717) is 13.1 Å². The van der Waals surface area contributed by atoms with Gasteiger partial charge < -0.3 is 15.2 Å². The van der Waals surface area contributed by atoms with Gasteiger partial charge in [-0.1, -0.05) is 31.2 Å². The summed E-state index contributed by atoms with van der Waals surface area (Å²) < 4.78 is 0. The van der Waals surface area contributed by atoms with Crippen LogP contribution in [0.3, 0.4) is 0 Å². The maximum absolute atomic E-state index is 13.0. The van der Waals surface area contributed by atoms with Crippen LogP contribution in [-0.4, -0.2) is 64.4 Å². The van der Waals surface area contributed by atoms with Crippen molar-refractivity contribution < 1.29 is 4.79 Å². The van der Waals surface area contributed by atoms with Gasteiger partial charge in [-0.3, -0.25) is 14.7 Å². The molecule has 0 saturated heterocycles. The van der Waals surface area contributed by atoms with Crippen molar-refractivity contribution >= 4 is 12.0 Å². The number of nitrogens with one attached hydrogen (secondary N) is 2. The fourth-order valence-corrected chi connectivity index (χ4v) is 4.72. The molecule has 33 heavy (non-hydrogen) atoms. The lowest BCUT2D eigenvalue weighted by Crippen LogP contribution is -2.32. The number of imidazole rings is 1. The quantitative estimate of drug-likeness (QED) is 0.575. The summed E-state index contributed by atoms with van der Waals surface area (Å²) in [5, 5.41) is 3.10. The van der Waals surface area contributed by atoms with Crippen LogP contribution < -0.4 is 5.32 Å². The van der Waals surface area contributed by atoms with Gasteiger partial charge in [0.1, 0.15) is 5.82 Å². The van der Waals surface area contributed by atoms with Crippen LogP contribution in [0.2, 0.25) is 0 Å². The first-order valence-electron chi connectivity index (χ1n) is 12.1. The molecule has 2 unspecified atom stereocenters. The van der Waals surface area contributed by atoms with Gasteiger partial charge in [0.2, 0.25) is 5.91 Å². The van der Waals surface area contributed by atoms with Crippen molar-refractivity contribution in [3.63, 3.8) is 0 Å². The predicted molar refractivity (Wildman–Crippen MR) is 132 cm³/mol. The van der Waals surface area contributed by atoms with Crippen LogP contribution in [0.1, 0.15) is 66.6 Å². The molecular weight excluding hydrogens is 412 g/mol. The Morgan fingerprint density at radius 1 is 1.30 bits per heavy atom. The average Bonchev–Trinajstić information content (AvgIpc) is 3.12. The second-order valence-electron chi connectivity index (χ2n) is 9.12. The SMILES string of the molecule is CCN(C)CCCNC(=O)C1C=CC=Cc2nc(CN(C)C3CCCc4cccnc43)[nH]c21. The molecule has 0 radical (unpaired) electrons. The number of allylic oxidation sites excluding steroid dienone is 2. The van der Waals surface area contributed by atoms with Crippen LogP contribution in [0.25, 0.3) is 6.08 Å². The molecule has 0 aliphatic heterocycles. The summed E-state index contributed by atoms with van der Waals surface area (Å²) in [6.07, 6.45) is 14.0. The first kappa shape index (κ1) is 23.4. The molecule has 7 heteroatoms. The number of nitrogens with zero attached hydrogens (tertiary/aromatic N) is 4. The van der Waals surface area contributed by atoms with Crippen molar-refractivity contribution in [1.29, 1.82) is 0 Å². The zero-order chi connectivity index (χ0) is 23.2. The number of aromatic nitrogens is 3. The average molecular weight is 449 g/mol. The van der Waals surface area contributed by atoms with Crippen molar-refractivity contribution in [2.45, 2.75) is 51.1 Å². The minimum atomic E-state index is -0.359. The summed E-state index contributed by atoms with van der Waals surface area (Å²) in [6.45, 7) is 5.49. The number of pyridine rings is 1. The minimum absolute atomic E-state index is 0.0179. The summed E-state index contributed by atoms with van der Waals surface area (Å²) in [5.41, 5.74) is 4.25. The van der Waals surface area contributed by atoms with Gasteiger partial charge in [0.05, 0.1) is 35.6 Å². The van der Waals surface area contributed by atoms with E-state index in [9.17, 15) is 4.79 Å². The van der Waals surface area contributed by atoms with E-state index in [1.165, 1.54) is 17.7 Å². The fraction of sp³-hybridized carbons (Fsp3) is 0.500. The van der Waals surface area contributed by atoms with E-state index in [1.54, 1.807) is 0 Å². The molecule has 176 valence electrons. The Morgan fingerprint density at radius 2 is 2.18 bits per heavy atom. The first-order chi connectivity index (χ1) is 16.1. The van der Waals surface area contributed by atoms with Gasteiger partial charge in [0.15, 0.2) is 0 Å². The molecular formula is C26H36N6O. The Kier molecular flexibility index (Phi) is 7.73. The molecule has 2 aromatic heterocycles. The van der Waals surface area contributed by atoms with E-state index in [1.807, 2.05) is 36.6 Å². The normalized spacial score (nSPS) is 19.4. The maximum atomic E-state index is 13.0. The van der Waals surface area contributed by atoms with Gasteiger partial charge in [-0.05, 0) is 70.6 Å². The number of carbonyl (C=O) groups excluding carboxylic acids is 1. The number of rotatable bonds is 9. The van der Waals surface area contributed by atoms with Crippen LogP contribution in [-0.2, 0) is 17.8 Å². The number of hydrogen-bond acceptors (Lipinski definition) is 5. The molecule has 0 bridgehead atoms. The smallest absolute Gasteiger partial charge is 0.233 e. The van der Waals surface area contributed by atoms with Crippen molar-refractivity contribution in [3.05, 3.63) is 65.0 Å². The molecule has 0 aromatic carbocycles. The van der Waals surface area contributed by atoms with Crippen LogP contribution in [0.5, 0.6) is 0 Å². The van der Waals surface area contributed by atoms with Crippen LogP contribution in [0, 0.1) is 0 Å². The van der Waals surface area contributed by atoms with E-state index in [4.69, 9.17) is 4.98 Å². The molecule has 0 saturated carbocycles. The summed E-state index contributed by atoms with van der Waals surface area (Å²) in [4.78, 5) is 30.5. The molecule has 0 spiro atoms. The fourth-order valence-electron chi connectivity index (χ4n) is 4.72. The Morgan fingerprint density at radius 3 is 3.03 bits per heavy atom. The molecule has 0 fully saturated rings. The number of aryl methyl sites for hydroxylation is 1. The van der Waals surface area contributed by atoms with E-state index >= 15 is 0 Å². The Labute approximate surface area is 197 Å². The van der Waals surface area contributed by atoms with Gasteiger partial charge >= 0.3 is 0 Å². The molecule has 2 aromatic rings. The number of hydrogen-bond donors (Lipinski definition) is 2. The highest BCUT2D eigenvalue weighted by molar-refractivity contribution is 5.86. The molecule has 2 heterocycles. The minimum Gasteiger partial charge on any atom is -0.355 e. The summed E-state index contributed by atoms with van der Waals surface area (Å²) in [6, 6.07) is 4.51. The molecule has 1 amide bonds. The third-order valence-corrected chi connectivity index (χ3v) is 6.72. The van der Waals surface area contributed by atoms with Gasteiger partial charge in [-0.2, -0.15) is 0 Å². The highest BCUT2D eigenvalue weighted by Gasteiger charge is 2.28. The van der Waals surface area contributed by atoms with Gasteiger partial charge in [0, 0.05) is 12.7 Å². The summed E-state index contributed by atoms with van der Waals surface area (Å²) >= 11 is 0. The number of carbonyl (C=O) groups is 1. The molecule has 2 N–H and O–H groups in total. The second-order valence-corrected chi connectivity index (χ2v) is 9.12. The number of amides is 1. The molecule has 2 aliphatic rings. The zero-order valence-corrected chi connectivity index (χ0v) is 20.1. The van der Waals surface area contributed by atoms with Crippen molar-refractivity contribution in [3.8, 4) is 0 Å². The zero-order valence-electron chi connectivity index (χ0n) is 20.1. The largest absolute Gasteiger partial charge is 0.355 e. The summed E-state index contributed by atoms with van der Waals surface area (Å²) in [5.74, 6) is 0.541. The Bertz CT molecular complexity index is 1010. The first-order valence-corrected chi connectivity index (χ1v) is 12.1. The van der Waals surface area contributed by atoms with Crippen LogP contribution in [0.4, 0.5) is 0 Å². The number of H-pyrrole nitrogens is 1.